The molecule has 0 radical (unpaired) electrons. The summed E-state index contributed by atoms with van der Waals surface area (Å²) in [5.41, 5.74) is 3.38. The van der Waals surface area contributed by atoms with Crippen LogP contribution in [0.25, 0.3) is 5.65 Å². The molecular formula is C18H20BrN3. The summed E-state index contributed by atoms with van der Waals surface area (Å²) in [6.07, 6.45) is 3.04. The summed E-state index contributed by atoms with van der Waals surface area (Å²) in [7, 11) is 0. The molecule has 22 heavy (non-hydrogen) atoms. The molecule has 0 bridgehead atoms. The lowest BCUT2D eigenvalue weighted by Crippen LogP contribution is -2.06. The van der Waals surface area contributed by atoms with Crippen molar-refractivity contribution in [3.8, 4) is 0 Å². The smallest absolute Gasteiger partial charge is 0.138 e. The van der Waals surface area contributed by atoms with Crippen molar-refractivity contribution in [3.05, 3.63) is 64.4 Å². The highest BCUT2D eigenvalue weighted by molar-refractivity contribution is 9.10. The summed E-state index contributed by atoms with van der Waals surface area (Å²) < 4.78 is 3.18. The number of aromatic nitrogens is 2. The van der Waals surface area contributed by atoms with Crippen LogP contribution in [0.5, 0.6) is 0 Å². The third-order valence-electron chi connectivity index (χ3n) is 3.56. The van der Waals surface area contributed by atoms with Crippen LogP contribution in [-0.4, -0.2) is 9.38 Å². The molecule has 2 aromatic heterocycles. The summed E-state index contributed by atoms with van der Waals surface area (Å²) >= 11 is 3.55. The maximum Gasteiger partial charge on any atom is 0.138 e. The van der Waals surface area contributed by atoms with Crippen molar-refractivity contribution in [3.63, 3.8) is 0 Å². The van der Waals surface area contributed by atoms with Crippen molar-refractivity contribution in [2.75, 3.05) is 5.32 Å². The molecule has 0 aliphatic heterocycles. The Balaban J connectivity index is 1.95. The topological polar surface area (TPSA) is 29.3 Å². The van der Waals surface area contributed by atoms with Crippen LogP contribution in [-0.2, 0) is 13.0 Å². The number of hydrogen-bond donors (Lipinski definition) is 1. The SMILES string of the molecule is CC(C)Cc1nc2ccc(Br)cn2c1NCc1ccccc1. The highest BCUT2D eigenvalue weighted by Gasteiger charge is 2.13. The molecule has 3 rings (SSSR count). The monoisotopic (exact) mass is 357 g/mol. The normalized spacial score (nSPS) is 11.3. The molecule has 0 aliphatic rings. The molecule has 1 aromatic carbocycles. The van der Waals surface area contributed by atoms with E-state index in [1.54, 1.807) is 0 Å². The molecule has 0 spiro atoms. The summed E-state index contributed by atoms with van der Waals surface area (Å²) in [5, 5.41) is 3.56. The van der Waals surface area contributed by atoms with Gasteiger partial charge in [0.15, 0.2) is 0 Å². The van der Waals surface area contributed by atoms with Gasteiger partial charge in [0.2, 0.25) is 0 Å². The first-order valence-corrected chi connectivity index (χ1v) is 8.37. The minimum atomic E-state index is 0.575. The second-order valence-electron chi connectivity index (χ2n) is 5.92. The predicted molar refractivity (Wildman–Crippen MR) is 95.2 cm³/mol. The van der Waals surface area contributed by atoms with E-state index in [1.165, 1.54) is 5.56 Å². The molecule has 114 valence electrons. The fourth-order valence-electron chi connectivity index (χ4n) is 2.57. The second kappa shape index (κ2) is 6.53. The number of halogens is 1. The summed E-state index contributed by atoms with van der Waals surface area (Å²) in [5.74, 6) is 1.67. The average Bonchev–Trinajstić information content (AvgIpc) is 2.82. The van der Waals surface area contributed by atoms with Crippen molar-refractivity contribution in [2.45, 2.75) is 26.8 Å². The predicted octanol–water partition coefficient (Wildman–Crippen LogP) is 4.91. The number of rotatable bonds is 5. The van der Waals surface area contributed by atoms with Crippen LogP contribution >= 0.6 is 15.9 Å². The number of anilines is 1. The van der Waals surface area contributed by atoms with Gasteiger partial charge < -0.3 is 5.32 Å². The van der Waals surface area contributed by atoms with Gasteiger partial charge in [-0.25, -0.2) is 4.98 Å². The van der Waals surface area contributed by atoms with Gasteiger partial charge >= 0.3 is 0 Å². The van der Waals surface area contributed by atoms with Crippen LogP contribution in [0.1, 0.15) is 25.1 Å². The first-order chi connectivity index (χ1) is 10.6. The van der Waals surface area contributed by atoms with Crippen LogP contribution < -0.4 is 5.32 Å². The Morgan fingerprint density at radius 1 is 1.14 bits per heavy atom. The van der Waals surface area contributed by atoms with Gasteiger partial charge in [-0.2, -0.15) is 0 Å². The minimum absolute atomic E-state index is 0.575. The van der Waals surface area contributed by atoms with Gasteiger partial charge in [-0.1, -0.05) is 44.2 Å². The number of benzene rings is 1. The number of nitrogens with zero attached hydrogens (tertiary/aromatic N) is 2. The van der Waals surface area contributed by atoms with Crippen molar-refractivity contribution in [2.24, 2.45) is 5.92 Å². The van der Waals surface area contributed by atoms with Gasteiger partial charge in [0.05, 0.1) is 5.69 Å². The van der Waals surface area contributed by atoms with E-state index >= 15 is 0 Å². The molecule has 0 saturated carbocycles. The molecule has 2 heterocycles. The van der Waals surface area contributed by atoms with Gasteiger partial charge in [0.1, 0.15) is 11.5 Å². The number of pyridine rings is 1. The molecule has 4 heteroatoms. The van der Waals surface area contributed by atoms with Crippen molar-refractivity contribution in [1.29, 1.82) is 0 Å². The van der Waals surface area contributed by atoms with Crippen molar-refractivity contribution in [1.82, 2.24) is 9.38 Å². The lowest BCUT2D eigenvalue weighted by atomic mass is 10.1. The minimum Gasteiger partial charge on any atom is -0.366 e. The zero-order chi connectivity index (χ0) is 15.5. The average molecular weight is 358 g/mol. The van der Waals surface area contributed by atoms with Gasteiger partial charge in [-0.05, 0) is 46.0 Å². The van der Waals surface area contributed by atoms with Gasteiger partial charge in [0.25, 0.3) is 0 Å². The van der Waals surface area contributed by atoms with Crippen LogP contribution in [0.15, 0.2) is 53.1 Å². The van der Waals surface area contributed by atoms with E-state index in [0.29, 0.717) is 5.92 Å². The quantitative estimate of drug-likeness (QED) is 0.702. The molecule has 0 aliphatic carbocycles. The number of hydrogen-bond acceptors (Lipinski definition) is 2. The van der Waals surface area contributed by atoms with E-state index < -0.39 is 0 Å². The number of imidazole rings is 1. The largest absolute Gasteiger partial charge is 0.366 e. The fraction of sp³-hybridized carbons (Fsp3) is 0.278. The Kier molecular flexibility index (Phi) is 4.48. The van der Waals surface area contributed by atoms with Crippen molar-refractivity contribution >= 4 is 27.4 Å². The third kappa shape index (κ3) is 3.33. The molecule has 3 nitrogen and oxygen atoms in total. The Hall–Kier alpha value is -1.81. The van der Waals surface area contributed by atoms with Gasteiger partial charge in [-0.3, -0.25) is 4.40 Å². The summed E-state index contributed by atoms with van der Waals surface area (Å²) in [4.78, 5) is 4.79. The maximum absolute atomic E-state index is 4.79. The van der Waals surface area contributed by atoms with Crippen LogP contribution in [0, 0.1) is 5.92 Å². The van der Waals surface area contributed by atoms with Crippen LogP contribution in [0.3, 0.4) is 0 Å². The zero-order valence-electron chi connectivity index (χ0n) is 12.9. The second-order valence-corrected chi connectivity index (χ2v) is 6.84. The highest BCUT2D eigenvalue weighted by Crippen LogP contribution is 2.24. The first-order valence-electron chi connectivity index (χ1n) is 7.58. The Morgan fingerprint density at radius 3 is 2.64 bits per heavy atom. The number of nitrogens with one attached hydrogen (secondary N) is 1. The number of fused-ring (bicyclic) bond motifs is 1. The lowest BCUT2D eigenvalue weighted by molar-refractivity contribution is 0.638. The van der Waals surface area contributed by atoms with E-state index in [9.17, 15) is 0 Å². The van der Waals surface area contributed by atoms with Crippen LogP contribution in [0.4, 0.5) is 5.82 Å². The molecule has 0 unspecified atom stereocenters. The molecular weight excluding hydrogens is 338 g/mol. The molecule has 1 N–H and O–H groups in total. The zero-order valence-corrected chi connectivity index (χ0v) is 14.5. The molecule has 0 atom stereocenters. The van der Waals surface area contributed by atoms with Gasteiger partial charge in [0, 0.05) is 17.2 Å². The third-order valence-corrected chi connectivity index (χ3v) is 4.03. The van der Waals surface area contributed by atoms with Crippen molar-refractivity contribution < 1.29 is 0 Å². The van der Waals surface area contributed by atoms with E-state index in [2.05, 4.69) is 70.0 Å². The Labute approximate surface area is 139 Å². The maximum atomic E-state index is 4.79. The molecule has 0 saturated heterocycles. The van der Waals surface area contributed by atoms with E-state index in [1.807, 2.05) is 18.2 Å². The summed E-state index contributed by atoms with van der Waals surface area (Å²) in [6, 6.07) is 14.5. The Morgan fingerprint density at radius 2 is 1.91 bits per heavy atom. The fourth-order valence-corrected chi connectivity index (χ4v) is 2.90. The lowest BCUT2D eigenvalue weighted by Gasteiger charge is -2.10. The standard InChI is InChI=1S/C18H20BrN3/c1-13(2)10-16-18(20-11-14-6-4-3-5-7-14)22-12-15(19)8-9-17(22)21-16/h3-9,12-13,20H,10-11H2,1-2H3. The highest BCUT2D eigenvalue weighted by atomic mass is 79.9. The van der Waals surface area contributed by atoms with E-state index in [-0.39, 0.29) is 0 Å². The van der Waals surface area contributed by atoms with E-state index in [0.717, 1.165) is 34.6 Å². The Bertz CT molecular complexity index is 763. The van der Waals surface area contributed by atoms with E-state index in [4.69, 9.17) is 4.98 Å². The first kappa shape index (κ1) is 15.1. The van der Waals surface area contributed by atoms with Crippen LogP contribution in [0.2, 0.25) is 0 Å². The van der Waals surface area contributed by atoms with Gasteiger partial charge in [-0.15, -0.1) is 0 Å². The molecule has 0 fully saturated rings. The molecule has 3 aromatic rings. The summed E-state index contributed by atoms with van der Waals surface area (Å²) in [6.45, 7) is 5.24. The molecule has 0 amide bonds.